The van der Waals surface area contributed by atoms with Crippen LogP contribution in [0.4, 0.5) is 0 Å². The number of rotatable bonds is 6. The number of fused-ring (bicyclic) bond motifs is 1. The zero-order valence-electron chi connectivity index (χ0n) is 17.1. The first-order valence-electron chi connectivity index (χ1n) is 10.4. The average molecular weight is 393 g/mol. The molecule has 0 spiro atoms. The van der Waals surface area contributed by atoms with Crippen molar-refractivity contribution in [3.05, 3.63) is 28.7 Å². The number of nitrogens with zero attached hydrogens (tertiary/aromatic N) is 4. The number of hydrogen-bond acceptors (Lipinski definition) is 4. The van der Waals surface area contributed by atoms with Crippen LogP contribution in [0.2, 0.25) is 0 Å². The summed E-state index contributed by atoms with van der Waals surface area (Å²) in [6.45, 7) is 5.03. The van der Waals surface area contributed by atoms with E-state index in [9.17, 15) is 9.59 Å². The van der Waals surface area contributed by atoms with Crippen LogP contribution in [0, 0.1) is 32.1 Å². The highest BCUT2D eigenvalue weighted by Gasteiger charge is 2.39. The minimum absolute atomic E-state index is 0.0440. The Kier molecular flexibility index (Phi) is 5.27. The molecule has 1 saturated carbocycles. The number of hydrogen-bond donors (Lipinski definition) is 1. The van der Waals surface area contributed by atoms with Gasteiger partial charge in [-0.15, -0.1) is 6.42 Å². The summed E-state index contributed by atoms with van der Waals surface area (Å²) in [4.78, 5) is 31.3. The second-order valence-electron chi connectivity index (χ2n) is 8.05. The molecule has 4 rings (SSSR count). The monoisotopic (exact) mass is 393 g/mol. The molecule has 7 nitrogen and oxygen atoms in total. The average Bonchev–Trinajstić information content (AvgIpc) is 3.28. The van der Waals surface area contributed by atoms with Crippen LogP contribution >= 0.6 is 0 Å². The van der Waals surface area contributed by atoms with Gasteiger partial charge < -0.3 is 10.2 Å². The summed E-state index contributed by atoms with van der Waals surface area (Å²) in [5, 5.41) is 7.51. The van der Waals surface area contributed by atoms with Crippen LogP contribution in [0.15, 0.2) is 6.07 Å². The van der Waals surface area contributed by atoms with E-state index in [-0.39, 0.29) is 30.3 Å². The zero-order valence-corrected chi connectivity index (χ0v) is 17.1. The van der Waals surface area contributed by atoms with E-state index in [4.69, 9.17) is 16.5 Å². The van der Waals surface area contributed by atoms with Gasteiger partial charge in [0, 0.05) is 36.3 Å². The lowest BCUT2D eigenvalue weighted by molar-refractivity contribution is -0.133. The van der Waals surface area contributed by atoms with Crippen LogP contribution < -0.4 is 5.32 Å². The SMILES string of the molecule is C#CCNC(=O)CCc1c(C)nc2cc(C3CCCN3C(=O)C3CC3)nn2c1C. The number of likely N-dealkylation sites (tertiary alicyclic amines) is 1. The Morgan fingerprint density at radius 1 is 1.31 bits per heavy atom. The highest BCUT2D eigenvalue weighted by Crippen LogP contribution is 2.38. The van der Waals surface area contributed by atoms with Crippen LogP contribution in [0.3, 0.4) is 0 Å². The van der Waals surface area contributed by atoms with Crippen LogP contribution in [0.1, 0.15) is 60.8 Å². The highest BCUT2D eigenvalue weighted by atomic mass is 16.2. The van der Waals surface area contributed by atoms with Gasteiger partial charge in [-0.2, -0.15) is 5.10 Å². The van der Waals surface area contributed by atoms with E-state index in [0.717, 1.165) is 60.5 Å². The fourth-order valence-corrected chi connectivity index (χ4v) is 4.25. The first-order valence-corrected chi connectivity index (χ1v) is 10.4. The second kappa shape index (κ2) is 7.86. The Balaban J connectivity index is 1.57. The molecule has 0 radical (unpaired) electrons. The maximum atomic E-state index is 12.6. The zero-order chi connectivity index (χ0) is 20.5. The molecule has 0 bridgehead atoms. The minimum Gasteiger partial charge on any atom is -0.345 e. The Labute approximate surface area is 170 Å². The highest BCUT2D eigenvalue weighted by molar-refractivity contribution is 5.81. The molecule has 1 aliphatic heterocycles. The summed E-state index contributed by atoms with van der Waals surface area (Å²) >= 11 is 0. The van der Waals surface area contributed by atoms with Gasteiger partial charge in [-0.25, -0.2) is 9.50 Å². The molecule has 1 aliphatic carbocycles. The molecule has 1 unspecified atom stereocenters. The number of aryl methyl sites for hydroxylation is 2. The largest absolute Gasteiger partial charge is 0.345 e. The van der Waals surface area contributed by atoms with Crippen molar-refractivity contribution >= 4 is 17.5 Å². The maximum absolute atomic E-state index is 12.6. The van der Waals surface area contributed by atoms with Crippen LogP contribution in [0.25, 0.3) is 5.65 Å². The molecule has 1 saturated heterocycles. The van der Waals surface area contributed by atoms with Crippen molar-refractivity contribution in [1.29, 1.82) is 0 Å². The number of amides is 2. The van der Waals surface area contributed by atoms with Crippen LogP contribution in [-0.4, -0.2) is 44.4 Å². The summed E-state index contributed by atoms with van der Waals surface area (Å²) in [7, 11) is 0. The van der Waals surface area contributed by atoms with E-state index in [1.165, 1.54) is 0 Å². The first kappa shape index (κ1) is 19.4. The van der Waals surface area contributed by atoms with E-state index in [0.29, 0.717) is 12.8 Å². The Hall–Kier alpha value is -2.88. The van der Waals surface area contributed by atoms with Crippen LogP contribution in [-0.2, 0) is 16.0 Å². The van der Waals surface area contributed by atoms with Crippen molar-refractivity contribution in [1.82, 2.24) is 24.8 Å². The molecule has 29 heavy (non-hydrogen) atoms. The fourth-order valence-electron chi connectivity index (χ4n) is 4.25. The van der Waals surface area contributed by atoms with Gasteiger partial charge in [0.25, 0.3) is 0 Å². The number of nitrogens with one attached hydrogen (secondary N) is 1. The Morgan fingerprint density at radius 2 is 2.10 bits per heavy atom. The van der Waals surface area contributed by atoms with Crippen LogP contribution in [0.5, 0.6) is 0 Å². The number of carbonyl (C=O) groups excluding carboxylic acids is 2. The predicted molar refractivity (Wildman–Crippen MR) is 109 cm³/mol. The van der Waals surface area contributed by atoms with Gasteiger partial charge in [0.2, 0.25) is 11.8 Å². The summed E-state index contributed by atoms with van der Waals surface area (Å²) in [6.07, 6.45) is 10.1. The molecular formula is C22H27N5O2. The second-order valence-corrected chi connectivity index (χ2v) is 8.05. The standard InChI is InChI=1S/C22H27N5O2/c1-4-11-23-21(28)10-9-17-14(2)24-20-13-18(25-27(20)15(17)3)19-6-5-12-26(19)22(29)16-7-8-16/h1,13,16,19H,5-12H2,2-3H3,(H,23,28). The van der Waals surface area contributed by atoms with E-state index < -0.39 is 0 Å². The third-order valence-electron chi connectivity index (χ3n) is 5.98. The first-order chi connectivity index (χ1) is 14.0. The van der Waals surface area contributed by atoms with E-state index in [2.05, 4.69) is 11.2 Å². The number of carbonyl (C=O) groups is 2. The lowest BCUT2D eigenvalue weighted by Crippen LogP contribution is -2.31. The molecular weight excluding hydrogens is 366 g/mol. The maximum Gasteiger partial charge on any atom is 0.226 e. The van der Waals surface area contributed by atoms with Crippen molar-refractivity contribution < 1.29 is 9.59 Å². The molecule has 2 aromatic heterocycles. The van der Waals surface area contributed by atoms with Crippen molar-refractivity contribution in [2.75, 3.05) is 13.1 Å². The van der Waals surface area contributed by atoms with Crippen molar-refractivity contribution in [3.63, 3.8) is 0 Å². The van der Waals surface area contributed by atoms with Crippen molar-refractivity contribution in [2.24, 2.45) is 5.92 Å². The van der Waals surface area contributed by atoms with E-state index in [1.807, 2.05) is 29.3 Å². The predicted octanol–water partition coefficient (Wildman–Crippen LogP) is 2.10. The van der Waals surface area contributed by atoms with Gasteiger partial charge >= 0.3 is 0 Å². The molecule has 2 aliphatic rings. The molecule has 2 amide bonds. The molecule has 2 fully saturated rings. The quantitative estimate of drug-likeness (QED) is 0.763. The van der Waals surface area contributed by atoms with Gasteiger partial charge in [0.1, 0.15) is 0 Å². The van der Waals surface area contributed by atoms with E-state index >= 15 is 0 Å². The summed E-state index contributed by atoms with van der Waals surface area (Å²) in [5.74, 6) is 2.85. The van der Waals surface area contributed by atoms with Gasteiger partial charge in [0.15, 0.2) is 5.65 Å². The van der Waals surface area contributed by atoms with Gasteiger partial charge in [0.05, 0.1) is 18.3 Å². The molecule has 152 valence electrons. The van der Waals surface area contributed by atoms with E-state index in [1.54, 1.807) is 0 Å². The Bertz CT molecular complexity index is 999. The van der Waals surface area contributed by atoms with Gasteiger partial charge in [-0.3, -0.25) is 9.59 Å². The summed E-state index contributed by atoms with van der Waals surface area (Å²) in [5.41, 5.74) is 4.63. The third kappa shape index (κ3) is 3.84. The fraction of sp³-hybridized carbons (Fsp3) is 0.545. The number of terminal acetylenes is 1. The topological polar surface area (TPSA) is 79.6 Å². The van der Waals surface area contributed by atoms with Crippen molar-refractivity contribution in [3.8, 4) is 12.3 Å². The molecule has 1 atom stereocenters. The minimum atomic E-state index is -0.0665. The van der Waals surface area contributed by atoms with Crippen molar-refractivity contribution in [2.45, 2.75) is 58.4 Å². The van der Waals surface area contributed by atoms with Gasteiger partial charge in [-0.1, -0.05) is 5.92 Å². The van der Waals surface area contributed by atoms with Gasteiger partial charge in [-0.05, 0) is 51.5 Å². The Morgan fingerprint density at radius 3 is 2.83 bits per heavy atom. The lowest BCUT2D eigenvalue weighted by Gasteiger charge is -2.23. The molecule has 2 aromatic rings. The molecule has 7 heteroatoms. The molecule has 3 heterocycles. The third-order valence-corrected chi connectivity index (χ3v) is 5.98. The normalized spacial score (nSPS) is 18.8. The smallest absolute Gasteiger partial charge is 0.226 e. The summed E-state index contributed by atoms with van der Waals surface area (Å²) in [6, 6.07) is 2.05. The summed E-state index contributed by atoms with van der Waals surface area (Å²) < 4.78 is 1.86. The molecule has 0 aromatic carbocycles. The lowest BCUT2D eigenvalue weighted by atomic mass is 10.1. The number of aromatic nitrogens is 3. The molecule has 1 N–H and O–H groups in total.